The smallest absolute Gasteiger partial charge is 0.234 e. The van der Waals surface area contributed by atoms with Crippen LogP contribution in [-0.2, 0) is 4.79 Å². The minimum atomic E-state index is -0.430. The lowest BCUT2D eigenvalue weighted by atomic mass is 10.0. The minimum absolute atomic E-state index is 0.164. The van der Waals surface area contributed by atoms with Crippen LogP contribution in [0.15, 0.2) is 0 Å². The fraction of sp³-hybridized carbons (Fsp3) is 0.833. The largest absolute Gasteiger partial charge is 0.368 e. The van der Waals surface area contributed by atoms with Crippen LogP contribution in [-0.4, -0.2) is 53.5 Å². The van der Waals surface area contributed by atoms with Crippen LogP contribution < -0.4 is 5.73 Å². The van der Waals surface area contributed by atoms with E-state index in [1.54, 1.807) is 0 Å². The van der Waals surface area contributed by atoms with E-state index in [0.717, 1.165) is 32.6 Å². The van der Waals surface area contributed by atoms with Gasteiger partial charge in [0.15, 0.2) is 0 Å². The maximum Gasteiger partial charge on any atom is 0.234 e. The van der Waals surface area contributed by atoms with Gasteiger partial charge in [0.25, 0.3) is 0 Å². The van der Waals surface area contributed by atoms with Crippen molar-refractivity contribution in [2.75, 3.05) is 26.2 Å². The van der Waals surface area contributed by atoms with E-state index >= 15 is 0 Å². The molecule has 5 heteroatoms. The Morgan fingerprint density at radius 2 is 1.94 bits per heavy atom. The number of hydrogen-bond donors (Lipinski definition) is 1. The fourth-order valence-electron chi connectivity index (χ4n) is 2.30. The maximum atomic E-state index is 11.3. The van der Waals surface area contributed by atoms with Crippen molar-refractivity contribution >= 4 is 5.91 Å². The van der Waals surface area contributed by atoms with Gasteiger partial charge in [-0.05, 0) is 20.3 Å². The average molecular weight is 238 g/mol. The minimum Gasteiger partial charge on any atom is -0.368 e. The van der Waals surface area contributed by atoms with Crippen molar-refractivity contribution in [1.29, 1.82) is 5.26 Å². The first-order valence-corrected chi connectivity index (χ1v) is 6.12. The molecular weight excluding hydrogens is 216 g/mol. The van der Waals surface area contributed by atoms with Gasteiger partial charge in [0.1, 0.15) is 5.54 Å². The molecule has 0 aromatic carbocycles. The Morgan fingerprint density at radius 1 is 1.41 bits per heavy atom. The molecule has 1 saturated heterocycles. The van der Waals surface area contributed by atoms with Crippen LogP contribution in [0.5, 0.6) is 0 Å². The molecule has 1 unspecified atom stereocenters. The Labute approximate surface area is 103 Å². The Bertz CT molecular complexity index is 313. The van der Waals surface area contributed by atoms with Crippen molar-refractivity contribution < 1.29 is 4.79 Å². The molecule has 1 atom stereocenters. The highest BCUT2D eigenvalue weighted by Crippen LogP contribution is 2.17. The summed E-state index contributed by atoms with van der Waals surface area (Å²) in [4.78, 5) is 15.5. The van der Waals surface area contributed by atoms with E-state index in [9.17, 15) is 4.79 Å². The Hall–Kier alpha value is -1.12. The highest BCUT2D eigenvalue weighted by Gasteiger charge is 2.32. The standard InChI is InChI=1S/C12H22N4O/c1-4-10(11(14)17)15-5-7-16(8-6-15)12(2,3)9-13/h10H,4-8H2,1-3H3,(H2,14,17). The molecule has 0 saturated carbocycles. The Kier molecular flexibility index (Phi) is 4.49. The predicted octanol–water partition coefficient (Wildman–Crippen LogP) is 0.170. The number of nitrogens with zero attached hydrogens (tertiary/aromatic N) is 3. The lowest BCUT2D eigenvalue weighted by Crippen LogP contribution is -2.58. The quantitative estimate of drug-likeness (QED) is 0.757. The Morgan fingerprint density at radius 3 is 2.29 bits per heavy atom. The van der Waals surface area contributed by atoms with Gasteiger partial charge in [-0.1, -0.05) is 6.92 Å². The van der Waals surface area contributed by atoms with E-state index in [-0.39, 0.29) is 11.9 Å². The third kappa shape index (κ3) is 3.18. The van der Waals surface area contributed by atoms with Gasteiger partial charge in [-0.15, -0.1) is 0 Å². The van der Waals surface area contributed by atoms with Crippen molar-refractivity contribution in [2.24, 2.45) is 5.73 Å². The van der Waals surface area contributed by atoms with Gasteiger partial charge in [-0.3, -0.25) is 14.6 Å². The van der Waals surface area contributed by atoms with Crippen LogP contribution in [0.3, 0.4) is 0 Å². The van der Waals surface area contributed by atoms with E-state index in [1.807, 2.05) is 20.8 Å². The highest BCUT2D eigenvalue weighted by molar-refractivity contribution is 5.79. The molecule has 5 nitrogen and oxygen atoms in total. The van der Waals surface area contributed by atoms with Crippen molar-refractivity contribution in [2.45, 2.75) is 38.8 Å². The first-order valence-electron chi connectivity index (χ1n) is 6.12. The molecule has 1 aliphatic rings. The van der Waals surface area contributed by atoms with Crippen molar-refractivity contribution in [1.82, 2.24) is 9.80 Å². The normalized spacial score (nSPS) is 20.8. The zero-order valence-electron chi connectivity index (χ0n) is 10.9. The summed E-state index contributed by atoms with van der Waals surface area (Å²) in [7, 11) is 0. The van der Waals surface area contributed by atoms with Gasteiger partial charge in [-0.25, -0.2) is 0 Å². The summed E-state index contributed by atoms with van der Waals surface area (Å²) in [5.74, 6) is -0.250. The van der Waals surface area contributed by atoms with Gasteiger partial charge in [0.05, 0.1) is 12.1 Å². The summed E-state index contributed by atoms with van der Waals surface area (Å²) >= 11 is 0. The van der Waals surface area contributed by atoms with E-state index in [4.69, 9.17) is 11.0 Å². The summed E-state index contributed by atoms with van der Waals surface area (Å²) in [5.41, 5.74) is 4.95. The molecule has 0 aliphatic carbocycles. The molecule has 96 valence electrons. The molecule has 1 heterocycles. The SMILES string of the molecule is CCC(C(N)=O)N1CCN(C(C)(C)C#N)CC1. The zero-order valence-corrected chi connectivity index (χ0v) is 10.9. The molecule has 1 fully saturated rings. The number of amides is 1. The number of primary amides is 1. The van der Waals surface area contributed by atoms with Crippen LogP contribution in [0.2, 0.25) is 0 Å². The third-order valence-corrected chi connectivity index (χ3v) is 3.53. The van der Waals surface area contributed by atoms with E-state index in [1.165, 1.54) is 0 Å². The second-order valence-electron chi connectivity index (χ2n) is 5.02. The summed E-state index contributed by atoms with van der Waals surface area (Å²) in [5, 5.41) is 9.08. The van der Waals surface area contributed by atoms with E-state index in [2.05, 4.69) is 15.9 Å². The number of nitriles is 1. The second kappa shape index (κ2) is 5.48. The monoisotopic (exact) mass is 238 g/mol. The van der Waals surface area contributed by atoms with Crippen molar-refractivity contribution in [3.8, 4) is 6.07 Å². The van der Waals surface area contributed by atoms with Crippen LogP contribution >= 0.6 is 0 Å². The van der Waals surface area contributed by atoms with Gasteiger partial charge in [0.2, 0.25) is 5.91 Å². The van der Waals surface area contributed by atoms with E-state index < -0.39 is 5.54 Å². The fourth-order valence-corrected chi connectivity index (χ4v) is 2.30. The lowest BCUT2D eigenvalue weighted by molar-refractivity contribution is -0.124. The van der Waals surface area contributed by atoms with Crippen LogP contribution in [0.1, 0.15) is 27.2 Å². The molecule has 1 amide bonds. The number of piperazine rings is 1. The summed E-state index contributed by atoms with van der Waals surface area (Å²) < 4.78 is 0. The molecule has 1 rings (SSSR count). The first kappa shape index (κ1) is 13.9. The lowest BCUT2D eigenvalue weighted by Gasteiger charge is -2.42. The maximum absolute atomic E-state index is 11.3. The van der Waals surface area contributed by atoms with Crippen molar-refractivity contribution in [3.63, 3.8) is 0 Å². The van der Waals surface area contributed by atoms with Crippen molar-refractivity contribution in [3.05, 3.63) is 0 Å². The molecule has 0 aromatic heterocycles. The molecule has 17 heavy (non-hydrogen) atoms. The van der Waals surface area contributed by atoms with Gasteiger partial charge >= 0.3 is 0 Å². The topological polar surface area (TPSA) is 73.4 Å². The molecule has 2 N–H and O–H groups in total. The number of carbonyl (C=O) groups excluding carboxylic acids is 1. The van der Waals surface area contributed by atoms with Crippen LogP contribution in [0.25, 0.3) is 0 Å². The molecule has 0 radical (unpaired) electrons. The number of nitrogens with two attached hydrogens (primary N) is 1. The second-order valence-corrected chi connectivity index (χ2v) is 5.02. The number of hydrogen-bond acceptors (Lipinski definition) is 4. The predicted molar refractivity (Wildman–Crippen MR) is 66.1 cm³/mol. The number of rotatable bonds is 4. The molecular formula is C12H22N4O. The molecule has 0 aromatic rings. The van der Waals surface area contributed by atoms with Gasteiger partial charge < -0.3 is 5.73 Å². The molecule has 0 spiro atoms. The number of carbonyl (C=O) groups is 1. The molecule has 0 bridgehead atoms. The van der Waals surface area contributed by atoms with Crippen LogP contribution in [0.4, 0.5) is 0 Å². The van der Waals surface area contributed by atoms with Gasteiger partial charge in [0, 0.05) is 26.2 Å². The first-order chi connectivity index (χ1) is 7.92. The molecule has 1 aliphatic heterocycles. The van der Waals surface area contributed by atoms with Crippen LogP contribution in [0, 0.1) is 11.3 Å². The van der Waals surface area contributed by atoms with E-state index in [0.29, 0.717) is 0 Å². The summed E-state index contributed by atoms with van der Waals surface area (Å²) in [6.45, 7) is 9.04. The average Bonchev–Trinajstić information content (AvgIpc) is 2.30. The third-order valence-electron chi connectivity index (χ3n) is 3.53. The van der Waals surface area contributed by atoms with Gasteiger partial charge in [-0.2, -0.15) is 5.26 Å². The zero-order chi connectivity index (χ0) is 13.1. The summed E-state index contributed by atoms with van der Waals surface area (Å²) in [6.07, 6.45) is 0.747. The summed E-state index contributed by atoms with van der Waals surface area (Å²) in [6, 6.07) is 2.14. The Balaban J connectivity index is 2.57. The highest BCUT2D eigenvalue weighted by atomic mass is 16.1.